The Bertz CT molecular complexity index is 1300. The number of halogens is 11. The first-order chi connectivity index (χ1) is 16.0. The summed E-state index contributed by atoms with van der Waals surface area (Å²) in [5.41, 5.74) is 2.45. The first kappa shape index (κ1) is 25.7. The molecule has 0 saturated heterocycles. The highest BCUT2D eigenvalue weighted by molar-refractivity contribution is 5.58. The molecule has 3 rings (SSSR count). The average molecular weight is 518 g/mol. The van der Waals surface area contributed by atoms with Crippen LogP contribution in [0.3, 0.4) is 0 Å². The molecule has 3 aromatic rings. The standard InChI is InChI=1S/C20H9F11N2O2/c21-6-1-3-9(14(24)16(6)32)34-11-5-8(23)12(19(26,27)28)18(13(11)20(29,30)31)35-10-4-2-7(22)17(33)15(10)25/h1-5H,32-33H2. The minimum Gasteiger partial charge on any atom is -0.453 e. The normalized spacial score (nSPS) is 12.1. The third-order valence-corrected chi connectivity index (χ3v) is 4.38. The summed E-state index contributed by atoms with van der Waals surface area (Å²) in [6.45, 7) is 0. The van der Waals surface area contributed by atoms with Crippen molar-refractivity contribution in [1.29, 1.82) is 0 Å². The molecule has 0 aromatic heterocycles. The summed E-state index contributed by atoms with van der Waals surface area (Å²) in [4.78, 5) is 0. The lowest BCUT2D eigenvalue weighted by Crippen LogP contribution is -2.17. The van der Waals surface area contributed by atoms with E-state index in [1.54, 1.807) is 0 Å². The summed E-state index contributed by atoms with van der Waals surface area (Å²) >= 11 is 0. The van der Waals surface area contributed by atoms with E-state index in [1.165, 1.54) is 0 Å². The van der Waals surface area contributed by atoms with E-state index in [9.17, 15) is 48.3 Å². The predicted octanol–water partition coefficient (Wildman–Crippen LogP) is 7.17. The van der Waals surface area contributed by atoms with E-state index in [0.717, 1.165) is 0 Å². The van der Waals surface area contributed by atoms with Gasteiger partial charge in [0.15, 0.2) is 28.9 Å². The molecule has 4 N–H and O–H groups in total. The van der Waals surface area contributed by atoms with Crippen LogP contribution < -0.4 is 20.9 Å². The van der Waals surface area contributed by atoms with Crippen molar-refractivity contribution in [2.24, 2.45) is 0 Å². The van der Waals surface area contributed by atoms with Gasteiger partial charge in [-0.05, 0) is 24.3 Å². The van der Waals surface area contributed by atoms with Gasteiger partial charge in [-0.15, -0.1) is 0 Å². The highest BCUT2D eigenvalue weighted by Gasteiger charge is 2.48. The third kappa shape index (κ3) is 4.83. The SMILES string of the molecule is Nc1c(F)ccc(Oc2cc(F)c(C(F)(F)F)c(Oc3ccc(F)c(N)c3F)c2C(F)(F)F)c1F. The average Bonchev–Trinajstić information content (AvgIpc) is 2.72. The molecule has 0 bridgehead atoms. The zero-order chi connectivity index (χ0) is 26.5. The van der Waals surface area contributed by atoms with Crippen LogP contribution in [-0.2, 0) is 12.4 Å². The van der Waals surface area contributed by atoms with Crippen LogP contribution in [0.5, 0.6) is 23.0 Å². The molecule has 0 saturated carbocycles. The van der Waals surface area contributed by atoms with E-state index in [1.807, 2.05) is 0 Å². The summed E-state index contributed by atoms with van der Waals surface area (Å²) in [6, 6.07) is 1.16. The number of hydrogen-bond donors (Lipinski definition) is 2. The largest absolute Gasteiger partial charge is 0.453 e. The maximum Gasteiger partial charge on any atom is 0.423 e. The summed E-state index contributed by atoms with van der Waals surface area (Å²) < 4.78 is 161. The highest BCUT2D eigenvalue weighted by Crippen LogP contribution is 2.52. The van der Waals surface area contributed by atoms with Crippen molar-refractivity contribution in [3.8, 4) is 23.0 Å². The van der Waals surface area contributed by atoms with Crippen molar-refractivity contribution < 1.29 is 57.8 Å². The van der Waals surface area contributed by atoms with Crippen LogP contribution in [0, 0.1) is 29.1 Å². The zero-order valence-electron chi connectivity index (χ0n) is 16.5. The molecule has 0 aliphatic heterocycles. The van der Waals surface area contributed by atoms with Gasteiger partial charge >= 0.3 is 12.4 Å². The van der Waals surface area contributed by atoms with Gasteiger partial charge in [-0.25, -0.2) is 22.0 Å². The maximum absolute atomic E-state index is 14.5. The second kappa shape index (κ2) is 8.70. The van der Waals surface area contributed by atoms with Gasteiger partial charge in [-0.1, -0.05) is 0 Å². The number of benzene rings is 3. The van der Waals surface area contributed by atoms with Crippen LogP contribution in [0.4, 0.5) is 59.7 Å². The molecule has 0 unspecified atom stereocenters. The molecule has 0 heterocycles. The number of anilines is 2. The van der Waals surface area contributed by atoms with Crippen molar-refractivity contribution in [1.82, 2.24) is 0 Å². The fourth-order valence-electron chi connectivity index (χ4n) is 2.80. The van der Waals surface area contributed by atoms with E-state index < -0.39 is 86.9 Å². The molecule has 0 aliphatic carbocycles. The number of nitrogens with two attached hydrogens (primary N) is 2. The van der Waals surface area contributed by atoms with Gasteiger partial charge in [0, 0.05) is 6.07 Å². The lowest BCUT2D eigenvalue weighted by molar-refractivity contribution is -0.147. The molecule has 0 fully saturated rings. The zero-order valence-corrected chi connectivity index (χ0v) is 16.5. The van der Waals surface area contributed by atoms with Crippen molar-refractivity contribution >= 4 is 11.4 Å². The van der Waals surface area contributed by atoms with Gasteiger partial charge in [-0.2, -0.15) is 26.3 Å². The second-order valence-corrected chi connectivity index (χ2v) is 6.68. The van der Waals surface area contributed by atoms with E-state index in [-0.39, 0.29) is 6.07 Å². The lowest BCUT2D eigenvalue weighted by atomic mass is 10.0. The van der Waals surface area contributed by atoms with Gasteiger partial charge < -0.3 is 20.9 Å². The molecular formula is C20H9F11N2O2. The Hall–Kier alpha value is -3.91. The smallest absolute Gasteiger partial charge is 0.423 e. The van der Waals surface area contributed by atoms with Gasteiger partial charge in [0.1, 0.15) is 45.7 Å². The van der Waals surface area contributed by atoms with Crippen LogP contribution in [-0.4, -0.2) is 0 Å². The summed E-state index contributed by atoms with van der Waals surface area (Å²) in [5.74, 6) is -15.6. The number of nitrogen functional groups attached to an aromatic ring is 2. The Morgan fingerprint density at radius 3 is 1.40 bits per heavy atom. The molecule has 188 valence electrons. The lowest BCUT2D eigenvalue weighted by Gasteiger charge is -2.23. The van der Waals surface area contributed by atoms with E-state index >= 15 is 0 Å². The van der Waals surface area contributed by atoms with Gasteiger partial charge in [0.05, 0.1) is 0 Å². The van der Waals surface area contributed by atoms with Crippen molar-refractivity contribution in [2.45, 2.75) is 12.4 Å². The maximum atomic E-state index is 14.5. The minimum atomic E-state index is -5.84. The number of ether oxygens (including phenoxy) is 2. The molecular weight excluding hydrogens is 509 g/mol. The third-order valence-electron chi connectivity index (χ3n) is 4.38. The molecule has 0 amide bonds. The number of hydrogen-bond acceptors (Lipinski definition) is 4. The van der Waals surface area contributed by atoms with Gasteiger partial charge in [0.2, 0.25) is 0 Å². The van der Waals surface area contributed by atoms with E-state index in [4.69, 9.17) is 11.5 Å². The topological polar surface area (TPSA) is 70.5 Å². The molecule has 35 heavy (non-hydrogen) atoms. The highest BCUT2D eigenvalue weighted by atomic mass is 19.4. The summed E-state index contributed by atoms with van der Waals surface area (Å²) in [5, 5.41) is 0. The number of alkyl halides is 6. The summed E-state index contributed by atoms with van der Waals surface area (Å²) in [6.07, 6.45) is -11.7. The van der Waals surface area contributed by atoms with Gasteiger partial charge in [0.25, 0.3) is 0 Å². The monoisotopic (exact) mass is 518 g/mol. The Morgan fingerprint density at radius 1 is 0.543 bits per heavy atom. The molecule has 3 aromatic carbocycles. The second-order valence-electron chi connectivity index (χ2n) is 6.68. The minimum absolute atomic E-state index is 0.299. The first-order valence-electron chi connectivity index (χ1n) is 8.87. The Labute approximate surface area is 187 Å². The Kier molecular flexibility index (Phi) is 6.39. The van der Waals surface area contributed by atoms with Crippen LogP contribution in [0.1, 0.15) is 11.1 Å². The fourth-order valence-corrected chi connectivity index (χ4v) is 2.80. The van der Waals surface area contributed by atoms with Crippen LogP contribution in [0.15, 0.2) is 30.3 Å². The summed E-state index contributed by atoms with van der Waals surface area (Å²) in [7, 11) is 0. The van der Waals surface area contributed by atoms with Crippen molar-refractivity contribution in [3.05, 3.63) is 70.5 Å². The Balaban J connectivity index is 2.34. The first-order valence-corrected chi connectivity index (χ1v) is 8.87. The quantitative estimate of drug-likeness (QED) is 0.284. The van der Waals surface area contributed by atoms with E-state index in [0.29, 0.717) is 24.3 Å². The van der Waals surface area contributed by atoms with Gasteiger partial charge in [-0.3, -0.25) is 0 Å². The fraction of sp³-hybridized carbons (Fsp3) is 0.100. The van der Waals surface area contributed by atoms with Crippen LogP contribution in [0.25, 0.3) is 0 Å². The number of rotatable bonds is 4. The van der Waals surface area contributed by atoms with Crippen molar-refractivity contribution in [3.63, 3.8) is 0 Å². The van der Waals surface area contributed by atoms with E-state index in [2.05, 4.69) is 9.47 Å². The Morgan fingerprint density at radius 2 is 0.971 bits per heavy atom. The predicted molar refractivity (Wildman–Crippen MR) is 98.1 cm³/mol. The molecule has 4 nitrogen and oxygen atoms in total. The molecule has 0 radical (unpaired) electrons. The molecule has 0 atom stereocenters. The molecule has 0 aliphatic rings. The molecule has 15 heteroatoms. The van der Waals surface area contributed by atoms with Crippen LogP contribution in [0.2, 0.25) is 0 Å². The van der Waals surface area contributed by atoms with Crippen molar-refractivity contribution in [2.75, 3.05) is 11.5 Å². The van der Waals surface area contributed by atoms with Crippen LogP contribution >= 0.6 is 0 Å². The molecule has 0 spiro atoms.